The van der Waals surface area contributed by atoms with Gasteiger partial charge < -0.3 is 40.8 Å². The summed E-state index contributed by atoms with van der Waals surface area (Å²) in [5.74, 6) is 1.01. The van der Waals surface area contributed by atoms with Crippen LogP contribution in [0.25, 0.3) is 0 Å². The minimum Gasteiger partial charge on any atom is -0.497 e. The van der Waals surface area contributed by atoms with E-state index in [-0.39, 0.29) is 97.6 Å². The fourth-order valence-corrected chi connectivity index (χ4v) is 20.5. The third kappa shape index (κ3) is 28.5. The van der Waals surface area contributed by atoms with E-state index in [9.17, 15) is 4.79 Å². The van der Waals surface area contributed by atoms with Gasteiger partial charge in [-0.15, -0.1) is 6.58 Å². The van der Waals surface area contributed by atoms with Crippen LogP contribution in [0.1, 0.15) is 210 Å². The molecule has 0 saturated carbocycles. The van der Waals surface area contributed by atoms with Crippen LogP contribution in [0.15, 0.2) is 84.5 Å². The van der Waals surface area contributed by atoms with Crippen LogP contribution in [0.2, 0.25) is 109 Å². The van der Waals surface area contributed by atoms with E-state index in [1.54, 1.807) is 7.11 Å². The number of rotatable bonds is 41. The minimum atomic E-state index is -2.44. The molecule has 10 nitrogen and oxygen atoms in total. The van der Waals surface area contributed by atoms with Gasteiger partial charge in [-0.2, -0.15) is 0 Å². The highest BCUT2D eigenvalue weighted by Gasteiger charge is 2.48. The highest BCUT2D eigenvalue weighted by molar-refractivity contribution is 6.76. The molecule has 1 rings (SSSR count). The first-order valence-corrected chi connectivity index (χ1v) is 53.9. The number of ether oxygens (including phenoxy) is 3. The van der Waals surface area contributed by atoms with Crippen molar-refractivity contribution < 1.29 is 45.6 Å². The maximum Gasteiger partial charge on any atom is 0.333 e. The second-order valence-corrected chi connectivity index (χ2v) is 64.5. The molecule has 0 spiro atoms. The van der Waals surface area contributed by atoms with E-state index in [1.807, 2.05) is 31.2 Å². The van der Waals surface area contributed by atoms with Crippen molar-refractivity contribution in [3.05, 3.63) is 90.1 Å². The van der Waals surface area contributed by atoms with Crippen LogP contribution in [-0.4, -0.2) is 113 Å². The fourth-order valence-electron chi connectivity index (χ4n) is 10.7. The molecule has 0 amide bonds. The summed E-state index contributed by atoms with van der Waals surface area (Å²) >= 11 is 0. The van der Waals surface area contributed by atoms with Gasteiger partial charge in [-0.1, -0.05) is 207 Å². The zero-order valence-electron chi connectivity index (χ0n) is 68.6. The van der Waals surface area contributed by atoms with Crippen LogP contribution < -0.4 is 4.74 Å². The predicted molar refractivity (Wildman–Crippen MR) is 426 cm³/mol. The molecular weight excluding hydrogens is 1280 g/mol. The van der Waals surface area contributed by atoms with Crippen LogP contribution in [0.5, 0.6) is 5.75 Å². The van der Waals surface area contributed by atoms with Crippen molar-refractivity contribution in [1.29, 1.82) is 0 Å². The Balaban J connectivity index is 4.30. The second kappa shape index (κ2) is 37.9. The minimum absolute atomic E-state index is 0.000535. The van der Waals surface area contributed by atoms with Crippen molar-refractivity contribution in [2.75, 3.05) is 14.2 Å². The lowest BCUT2D eigenvalue weighted by molar-refractivity contribution is -0.136. The Morgan fingerprint density at radius 1 is 0.547 bits per heavy atom. The molecule has 0 bridgehead atoms. The third-order valence-corrected chi connectivity index (χ3v) is 50.3. The normalized spacial score (nSPS) is 18.1. The molecule has 16 heteroatoms. The average Bonchev–Trinajstić information content (AvgIpc) is 0.835. The summed E-state index contributed by atoms with van der Waals surface area (Å²) in [5, 5.41) is -0.121. The van der Waals surface area contributed by atoms with E-state index in [4.69, 9.17) is 40.8 Å². The average molecular weight is 1430 g/mol. The van der Waals surface area contributed by atoms with E-state index in [2.05, 4.69) is 274 Å². The SMILES string of the molecule is C=CC[C@@H](C[C@@H](O[Si](C)(C)C(C)(C)C)[C@H](/C=C(\C)[C@H](O[Si](C)(C)C(C)(C)C)[C@@H](C)/C=C/[C@H](O[Si](C)(C)C(C)(C)C)[C@@H](C)/C=C/CC[C@H](O[Si](C)(C)C(C)(C)C)[C@H](C)[C@H](O[Si](CC)(CC)CC)[C@@H](C)CC/C=C(\C)C(=O)OC)O[Si](C)(C)C(C)(C)C)OCc1ccc(OC)cc1. The largest absolute Gasteiger partial charge is 0.497 e. The third-order valence-electron chi connectivity index (χ3n) is 23.2. The van der Waals surface area contributed by atoms with E-state index in [1.165, 1.54) is 7.11 Å². The van der Waals surface area contributed by atoms with Crippen molar-refractivity contribution in [3.63, 3.8) is 0 Å². The predicted octanol–water partition coefficient (Wildman–Crippen LogP) is 24.2. The Bertz CT molecular complexity index is 2540. The highest BCUT2D eigenvalue weighted by atomic mass is 28.4. The Kier molecular flexibility index (Phi) is 36.4. The second-order valence-electron chi connectivity index (χ2n) is 36.0. The first-order chi connectivity index (χ1) is 43.1. The van der Waals surface area contributed by atoms with Crippen molar-refractivity contribution in [2.24, 2.45) is 23.7 Å². The quantitative estimate of drug-likeness (QED) is 0.0273. The van der Waals surface area contributed by atoms with Gasteiger partial charge in [0.2, 0.25) is 0 Å². The van der Waals surface area contributed by atoms with Crippen LogP contribution in [-0.2, 0) is 47.4 Å². The number of esters is 1. The molecule has 95 heavy (non-hydrogen) atoms. The van der Waals surface area contributed by atoms with Gasteiger partial charge in [0.1, 0.15) is 5.75 Å². The number of benzene rings is 1. The lowest BCUT2D eigenvalue weighted by Gasteiger charge is -2.46. The van der Waals surface area contributed by atoms with E-state index in [0.29, 0.717) is 25.0 Å². The van der Waals surface area contributed by atoms with E-state index < -0.39 is 49.9 Å². The fraction of sp³-hybridized carbons (Fsp3) is 0.785. The maximum absolute atomic E-state index is 12.4. The molecule has 0 aliphatic rings. The number of hydrogen-bond acceptors (Lipinski definition) is 10. The Labute approximate surface area is 594 Å². The molecule has 0 aliphatic heterocycles. The van der Waals surface area contributed by atoms with Gasteiger partial charge in [0, 0.05) is 29.7 Å². The lowest BCUT2D eigenvalue weighted by atomic mass is 9.85. The first-order valence-electron chi connectivity index (χ1n) is 36.8. The number of carbonyl (C=O) groups is 1. The molecule has 11 atom stereocenters. The molecule has 0 unspecified atom stereocenters. The first kappa shape index (κ1) is 91.2. The molecule has 0 aliphatic carbocycles. The summed E-state index contributed by atoms with van der Waals surface area (Å²) in [6.45, 7) is 84.1. The molecular formula is C79H152O10Si6. The summed E-state index contributed by atoms with van der Waals surface area (Å²) in [5.41, 5.74) is 2.89. The van der Waals surface area contributed by atoms with Gasteiger partial charge in [-0.3, -0.25) is 0 Å². The van der Waals surface area contributed by atoms with Crippen molar-refractivity contribution in [3.8, 4) is 5.75 Å². The van der Waals surface area contributed by atoms with Crippen LogP contribution in [0.4, 0.5) is 0 Å². The van der Waals surface area contributed by atoms with Gasteiger partial charge in [0.15, 0.2) is 49.9 Å². The molecule has 0 fully saturated rings. The van der Waals surface area contributed by atoms with Gasteiger partial charge in [0.05, 0.1) is 63.6 Å². The molecule has 0 N–H and O–H groups in total. The van der Waals surface area contributed by atoms with Crippen molar-refractivity contribution >= 4 is 55.9 Å². The standard InChI is InChI=1S/C79H152O10Si6/c1-38-45-67(83-58-65-51-53-66(81-26)54-52-65)57-71(87-93(34,35)78(20,21)22)70(86-92(32,33)77(17,18)19)56-63(9)72(88-94(36,37)79(23,24)25)61(7)50-55-68(84-90(28,29)75(11,12)13)59(5)46-42-43-49-69(85-91(30,31)76(14,15)16)64(10)73(89-95(39-2,40-3)41-4)60(6)47-44-48-62(8)74(80)82-27/h38,42,46,48,50-56,59-61,64,67-73H,1,39-41,43-45,47,49,57-58H2,2-37H3/b46-42+,55-50+,62-48+,63-56+/t59-,60-,61-,64-,67-,68-,69-,70-,71+,72+,73+/m0/s1. The Morgan fingerprint density at radius 2 is 1.00 bits per heavy atom. The number of allylic oxidation sites excluding steroid dienone is 2. The number of methoxy groups -OCH3 is 2. The molecule has 1 aromatic rings. The highest BCUT2D eigenvalue weighted by Crippen LogP contribution is 2.46. The van der Waals surface area contributed by atoms with Gasteiger partial charge in [-0.05, 0) is 184 Å². The van der Waals surface area contributed by atoms with Gasteiger partial charge >= 0.3 is 5.97 Å². The van der Waals surface area contributed by atoms with Gasteiger partial charge in [0.25, 0.3) is 0 Å². The molecule has 0 radical (unpaired) electrons. The van der Waals surface area contributed by atoms with Crippen LogP contribution >= 0.6 is 0 Å². The smallest absolute Gasteiger partial charge is 0.333 e. The molecule has 552 valence electrons. The Morgan fingerprint density at radius 3 is 1.44 bits per heavy atom. The summed E-state index contributed by atoms with van der Waals surface area (Å²) in [6.07, 6.45) is 19.5. The van der Waals surface area contributed by atoms with E-state index in [0.717, 1.165) is 60.7 Å². The summed E-state index contributed by atoms with van der Waals surface area (Å²) in [6, 6.07) is 11.4. The maximum atomic E-state index is 12.4. The topological polar surface area (TPSA) is 100 Å². The summed E-state index contributed by atoms with van der Waals surface area (Å²) in [4.78, 5) is 12.4. The van der Waals surface area contributed by atoms with E-state index >= 15 is 0 Å². The molecule has 0 aromatic heterocycles. The van der Waals surface area contributed by atoms with Crippen molar-refractivity contribution in [1.82, 2.24) is 0 Å². The van der Waals surface area contributed by atoms with Crippen molar-refractivity contribution in [2.45, 2.75) is 363 Å². The number of carbonyl (C=O) groups excluding carboxylic acids is 1. The van der Waals surface area contributed by atoms with Gasteiger partial charge in [-0.25, -0.2) is 4.79 Å². The summed E-state index contributed by atoms with van der Waals surface area (Å²) < 4.78 is 63.4. The summed E-state index contributed by atoms with van der Waals surface area (Å²) in [7, 11) is -10.6. The zero-order chi connectivity index (χ0) is 74.0. The van der Waals surface area contributed by atoms with Crippen LogP contribution in [0.3, 0.4) is 0 Å². The number of hydrogen-bond donors (Lipinski definition) is 0. The Hall–Kier alpha value is -1.79. The van der Waals surface area contributed by atoms with Crippen LogP contribution in [0, 0.1) is 23.7 Å². The molecule has 0 heterocycles. The monoisotopic (exact) mass is 1430 g/mol. The lowest BCUT2D eigenvalue weighted by Crippen LogP contribution is -2.52. The zero-order valence-corrected chi connectivity index (χ0v) is 74.6. The molecule has 1 aromatic carbocycles. The molecule has 0 saturated heterocycles.